The number of nitrogens with one attached hydrogen (secondary N) is 1. The van der Waals surface area contributed by atoms with Crippen LogP contribution in [0.1, 0.15) is 12.5 Å². The first-order valence-corrected chi connectivity index (χ1v) is 11.4. The van der Waals surface area contributed by atoms with Crippen molar-refractivity contribution < 1.29 is 22.8 Å². The third-order valence-corrected chi connectivity index (χ3v) is 6.72. The first-order chi connectivity index (χ1) is 13.6. The fourth-order valence-corrected chi connectivity index (χ4v) is 4.85. The van der Waals surface area contributed by atoms with E-state index in [1.165, 1.54) is 4.90 Å². The second-order valence-electron chi connectivity index (χ2n) is 6.89. The molecule has 1 saturated heterocycles. The van der Waals surface area contributed by atoms with E-state index in [4.69, 9.17) is 9.47 Å². The Morgan fingerprint density at radius 1 is 0.929 bits per heavy atom. The summed E-state index contributed by atoms with van der Waals surface area (Å²) in [6.07, 6.45) is 0. The Balaban J connectivity index is 1.40. The molecule has 3 rings (SSSR count). The molecule has 0 bridgehead atoms. The van der Waals surface area contributed by atoms with E-state index in [2.05, 4.69) is 0 Å². The Labute approximate surface area is 167 Å². The molecule has 0 aliphatic carbocycles. The number of nitrogens with zero attached hydrogens (tertiary/aromatic N) is 1. The zero-order valence-corrected chi connectivity index (χ0v) is 17.2. The van der Waals surface area contributed by atoms with Gasteiger partial charge in [0, 0.05) is 0 Å². The van der Waals surface area contributed by atoms with Gasteiger partial charge in [-0.2, -0.15) is 4.31 Å². The number of benzene rings is 2. The predicted octanol–water partition coefficient (Wildman–Crippen LogP) is 1.19. The summed E-state index contributed by atoms with van der Waals surface area (Å²) >= 11 is 0. The summed E-state index contributed by atoms with van der Waals surface area (Å²) in [6, 6.07) is 17.0. The van der Waals surface area contributed by atoms with Gasteiger partial charge in [0.2, 0.25) is 10.0 Å². The van der Waals surface area contributed by atoms with Gasteiger partial charge < -0.3 is 14.4 Å². The lowest BCUT2D eigenvalue weighted by Crippen LogP contribution is -3.15. The van der Waals surface area contributed by atoms with Gasteiger partial charge in [0.05, 0.1) is 38.5 Å². The zero-order chi connectivity index (χ0) is 19.8. The summed E-state index contributed by atoms with van der Waals surface area (Å²) in [6.45, 7) is 6.82. The summed E-state index contributed by atoms with van der Waals surface area (Å²) in [5.74, 6) is 1.74. The molecule has 1 fully saturated rings. The first kappa shape index (κ1) is 20.6. The van der Waals surface area contributed by atoms with Crippen molar-refractivity contribution in [1.29, 1.82) is 0 Å². The summed E-state index contributed by atoms with van der Waals surface area (Å²) in [7, 11) is -3.26. The first-order valence-electron chi connectivity index (χ1n) is 9.78. The molecule has 2 aromatic carbocycles. The molecule has 0 saturated carbocycles. The second kappa shape index (κ2) is 9.91. The topological polar surface area (TPSA) is 60.3 Å². The van der Waals surface area contributed by atoms with E-state index < -0.39 is 10.0 Å². The van der Waals surface area contributed by atoms with Crippen LogP contribution >= 0.6 is 0 Å². The lowest BCUT2D eigenvalue weighted by molar-refractivity contribution is -0.903. The van der Waals surface area contributed by atoms with Crippen molar-refractivity contribution in [2.75, 3.05) is 45.9 Å². The Bertz CT molecular complexity index is 817. The quantitative estimate of drug-likeness (QED) is 0.681. The van der Waals surface area contributed by atoms with Crippen LogP contribution in [0, 0.1) is 0 Å². The highest BCUT2D eigenvalue weighted by Gasteiger charge is 2.28. The molecule has 0 aromatic heterocycles. The SMILES string of the molecule is CCOc1ccc(OCC[NH+]2CCN(S(=O)(=O)Cc3ccccc3)CC2)cc1. The van der Waals surface area contributed by atoms with Gasteiger partial charge in [0.15, 0.2) is 0 Å². The molecule has 2 aromatic rings. The Kier molecular flexibility index (Phi) is 7.30. The fraction of sp³-hybridized carbons (Fsp3) is 0.429. The van der Waals surface area contributed by atoms with Crippen LogP contribution in [0.5, 0.6) is 11.5 Å². The van der Waals surface area contributed by atoms with Gasteiger partial charge in [-0.15, -0.1) is 0 Å². The maximum atomic E-state index is 12.6. The second-order valence-corrected chi connectivity index (χ2v) is 8.86. The molecule has 1 N–H and O–H groups in total. The van der Waals surface area contributed by atoms with Crippen LogP contribution < -0.4 is 14.4 Å². The molecule has 0 amide bonds. The molecule has 0 unspecified atom stereocenters. The minimum absolute atomic E-state index is 0.0734. The largest absolute Gasteiger partial charge is 0.494 e. The van der Waals surface area contributed by atoms with Crippen molar-refractivity contribution >= 4 is 10.0 Å². The fourth-order valence-electron chi connectivity index (χ4n) is 3.32. The third kappa shape index (κ3) is 5.95. The number of rotatable bonds is 9. The smallest absolute Gasteiger partial charge is 0.218 e. The number of piperazine rings is 1. The third-order valence-electron chi connectivity index (χ3n) is 4.87. The van der Waals surface area contributed by atoms with Crippen molar-refractivity contribution in [3.05, 3.63) is 60.2 Å². The molecule has 0 spiro atoms. The van der Waals surface area contributed by atoms with E-state index in [-0.39, 0.29) is 5.75 Å². The normalized spacial score (nSPS) is 16.0. The van der Waals surface area contributed by atoms with Crippen LogP contribution in [0.2, 0.25) is 0 Å². The minimum Gasteiger partial charge on any atom is -0.494 e. The summed E-state index contributed by atoms with van der Waals surface area (Å²) in [5, 5.41) is 0. The lowest BCUT2D eigenvalue weighted by atomic mass is 10.2. The highest BCUT2D eigenvalue weighted by molar-refractivity contribution is 7.88. The standard InChI is InChI=1S/C21H28N2O4S/c1-2-26-20-8-10-21(11-9-20)27-17-16-22-12-14-23(15-13-22)28(24,25)18-19-6-4-3-5-7-19/h3-11H,2,12-18H2,1H3/p+1. The number of quaternary nitrogens is 1. The van der Waals surface area contributed by atoms with Gasteiger partial charge in [-0.05, 0) is 36.8 Å². The number of sulfonamides is 1. The highest BCUT2D eigenvalue weighted by atomic mass is 32.2. The van der Waals surface area contributed by atoms with Crippen molar-refractivity contribution in [3.63, 3.8) is 0 Å². The molecular formula is C21H29N2O4S+. The van der Waals surface area contributed by atoms with E-state index in [0.717, 1.165) is 36.7 Å². The molecular weight excluding hydrogens is 376 g/mol. The predicted molar refractivity (Wildman–Crippen MR) is 109 cm³/mol. The van der Waals surface area contributed by atoms with Crippen molar-refractivity contribution in [2.45, 2.75) is 12.7 Å². The molecule has 28 heavy (non-hydrogen) atoms. The average Bonchev–Trinajstić information content (AvgIpc) is 2.70. The zero-order valence-electron chi connectivity index (χ0n) is 16.3. The minimum atomic E-state index is -3.26. The summed E-state index contributed by atoms with van der Waals surface area (Å²) in [4.78, 5) is 1.37. The van der Waals surface area contributed by atoms with Crippen LogP contribution in [0.4, 0.5) is 0 Å². The van der Waals surface area contributed by atoms with Gasteiger partial charge in [-0.3, -0.25) is 0 Å². The van der Waals surface area contributed by atoms with Crippen LogP contribution in [-0.4, -0.2) is 58.7 Å². The molecule has 1 heterocycles. The van der Waals surface area contributed by atoms with Crippen LogP contribution in [0.25, 0.3) is 0 Å². The van der Waals surface area contributed by atoms with Crippen molar-refractivity contribution in [3.8, 4) is 11.5 Å². The van der Waals surface area contributed by atoms with Crippen molar-refractivity contribution in [2.24, 2.45) is 0 Å². The molecule has 1 aliphatic rings. The van der Waals surface area contributed by atoms with E-state index >= 15 is 0 Å². The van der Waals surface area contributed by atoms with Gasteiger partial charge in [0.25, 0.3) is 0 Å². The van der Waals surface area contributed by atoms with Gasteiger partial charge >= 0.3 is 0 Å². The number of hydrogen-bond donors (Lipinski definition) is 1. The average molecular weight is 406 g/mol. The molecule has 7 heteroatoms. The van der Waals surface area contributed by atoms with E-state index in [9.17, 15) is 8.42 Å². The number of hydrogen-bond acceptors (Lipinski definition) is 4. The van der Waals surface area contributed by atoms with Gasteiger partial charge in [-0.25, -0.2) is 8.42 Å². The molecule has 0 atom stereocenters. The Morgan fingerprint density at radius 3 is 2.14 bits per heavy atom. The lowest BCUT2D eigenvalue weighted by Gasteiger charge is -2.31. The Morgan fingerprint density at radius 2 is 1.54 bits per heavy atom. The van der Waals surface area contributed by atoms with Gasteiger partial charge in [0.1, 0.15) is 24.7 Å². The molecule has 0 radical (unpaired) electrons. The van der Waals surface area contributed by atoms with Crippen LogP contribution in [0.15, 0.2) is 54.6 Å². The summed E-state index contributed by atoms with van der Waals surface area (Å²) in [5.41, 5.74) is 0.834. The van der Waals surface area contributed by atoms with Crippen molar-refractivity contribution in [1.82, 2.24) is 4.31 Å². The monoisotopic (exact) mass is 405 g/mol. The van der Waals surface area contributed by atoms with Gasteiger partial charge in [-0.1, -0.05) is 30.3 Å². The number of ether oxygens (including phenoxy) is 2. The van der Waals surface area contributed by atoms with Crippen LogP contribution in [-0.2, 0) is 15.8 Å². The highest BCUT2D eigenvalue weighted by Crippen LogP contribution is 2.17. The maximum Gasteiger partial charge on any atom is 0.218 e. The maximum absolute atomic E-state index is 12.6. The Hall–Kier alpha value is -2.09. The van der Waals surface area contributed by atoms with E-state index in [0.29, 0.717) is 26.3 Å². The molecule has 6 nitrogen and oxygen atoms in total. The molecule has 152 valence electrons. The molecule has 1 aliphatic heterocycles. The summed E-state index contributed by atoms with van der Waals surface area (Å²) < 4.78 is 38.1. The van der Waals surface area contributed by atoms with E-state index in [1.54, 1.807) is 4.31 Å². The van der Waals surface area contributed by atoms with E-state index in [1.807, 2.05) is 61.5 Å². The van der Waals surface area contributed by atoms with Crippen LogP contribution in [0.3, 0.4) is 0 Å².